The van der Waals surface area contributed by atoms with Crippen LogP contribution in [0.4, 0.5) is 0 Å². The summed E-state index contributed by atoms with van der Waals surface area (Å²) in [6.45, 7) is 3.36. The van der Waals surface area contributed by atoms with Crippen LogP contribution in [0.5, 0.6) is 0 Å². The molecule has 0 aromatic carbocycles. The molecule has 17 heavy (non-hydrogen) atoms. The van der Waals surface area contributed by atoms with Gasteiger partial charge in [-0.05, 0) is 56.7 Å². The second-order valence-electron chi connectivity index (χ2n) is 6.08. The zero-order valence-electron chi connectivity index (χ0n) is 11.3. The maximum Gasteiger partial charge on any atom is -0.00462 e. The summed E-state index contributed by atoms with van der Waals surface area (Å²) in [5.41, 5.74) is 5.87. The first kappa shape index (κ1) is 13.4. The Balaban J connectivity index is 1.93. The average molecular weight is 238 g/mol. The summed E-state index contributed by atoms with van der Waals surface area (Å²) in [5.74, 6) is 2.88. The van der Waals surface area contributed by atoms with Crippen molar-refractivity contribution in [3.8, 4) is 0 Å². The first-order valence-corrected chi connectivity index (χ1v) is 7.82. The Labute approximate surface area is 107 Å². The summed E-state index contributed by atoms with van der Waals surface area (Å²) >= 11 is 0. The average Bonchev–Trinajstić information content (AvgIpc) is 2.66. The molecule has 2 aliphatic rings. The van der Waals surface area contributed by atoms with Crippen molar-refractivity contribution < 1.29 is 0 Å². The summed E-state index contributed by atoms with van der Waals surface area (Å²) in [7, 11) is 0. The molecule has 0 spiro atoms. The minimum Gasteiger partial charge on any atom is -0.330 e. The molecule has 1 aliphatic carbocycles. The van der Waals surface area contributed by atoms with Crippen molar-refractivity contribution in [2.24, 2.45) is 23.5 Å². The van der Waals surface area contributed by atoms with Gasteiger partial charge in [0.1, 0.15) is 0 Å². The first-order valence-electron chi connectivity index (χ1n) is 7.82. The summed E-state index contributed by atoms with van der Waals surface area (Å²) in [6, 6.07) is 0. The largest absolute Gasteiger partial charge is 0.330 e. The van der Waals surface area contributed by atoms with E-state index in [0.717, 1.165) is 24.3 Å². The molecule has 100 valence electrons. The van der Waals surface area contributed by atoms with Crippen molar-refractivity contribution in [2.75, 3.05) is 19.6 Å². The maximum atomic E-state index is 5.87. The van der Waals surface area contributed by atoms with Gasteiger partial charge in [0.15, 0.2) is 0 Å². The molecule has 1 atom stereocenters. The molecule has 0 aromatic rings. The third kappa shape index (κ3) is 3.96. The molecule has 1 unspecified atom stereocenters. The van der Waals surface area contributed by atoms with Crippen LogP contribution in [0.2, 0.25) is 0 Å². The van der Waals surface area contributed by atoms with Gasteiger partial charge in [-0.1, -0.05) is 38.5 Å². The van der Waals surface area contributed by atoms with Gasteiger partial charge in [0.25, 0.3) is 0 Å². The smallest absolute Gasteiger partial charge is 0.00462 e. The van der Waals surface area contributed by atoms with E-state index in [2.05, 4.69) is 5.32 Å². The van der Waals surface area contributed by atoms with Crippen molar-refractivity contribution >= 4 is 0 Å². The molecule has 1 saturated carbocycles. The predicted octanol–water partition coefficient (Wildman–Crippen LogP) is 2.92. The van der Waals surface area contributed by atoms with Crippen molar-refractivity contribution in [1.29, 1.82) is 0 Å². The Hall–Kier alpha value is -0.0800. The summed E-state index contributed by atoms with van der Waals surface area (Å²) in [5, 5.41) is 3.50. The van der Waals surface area contributed by atoms with E-state index in [1.807, 2.05) is 0 Å². The molecule has 0 radical (unpaired) electrons. The number of nitrogens with two attached hydrogens (primary N) is 1. The fourth-order valence-electron chi connectivity index (χ4n) is 4.06. The predicted molar refractivity (Wildman–Crippen MR) is 73.9 cm³/mol. The zero-order chi connectivity index (χ0) is 11.9. The molecule has 2 heteroatoms. The highest BCUT2D eigenvalue weighted by molar-refractivity contribution is 4.82. The molecular formula is C15H30N2. The van der Waals surface area contributed by atoms with Gasteiger partial charge >= 0.3 is 0 Å². The van der Waals surface area contributed by atoms with Gasteiger partial charge < -0.3 is 11.1 Å². The Morgan fingerprint density at radius 3 is 2.06 bits per heavy atom. The molecule has 1 saturated heterocycles. The third-order valence-electron chi connectivity index (χ3n) is 4.99. The van der Waals surface area contributed by atoms with E-state index in [9.17, 15) is 0 Å². The molecule has 2 rings (SSSR count). The quantitative estimate of drug-likeness (QED) is 0.739. The SMILES string of the molecule is NCCC(C1CCCCCC1)C1CCNCC1. The van der Waals surface area contributed by atoms with Crippen molar-refractivity contribution in [1.82, 2.24) is 5.32 Å². The Kier molecular flexibility index (Phi) is 5.79. The first-order chi connectivity index (χ1) is 8.42. The fraction of sp³-hybridized carbons (Fsp3) is 1.00. The topological polar surface area (TPSA) is 38.0 Å². The van der Waals surface area contributed by atoms with Crippen molar-refractivity contribution in [3.05, 3.63) is 0 Å². The highest BCUT2D eigenvalue weighted by atomic mass is 14.9. The van der Waals surface area contributed by atoms with E-state index in [-0.39, 0.29) is 0 Å². The van der Waals surface area contributed by atoms with Gasteiger partial charge in [-0.15, -0.1) is 0 Å². The molecule has 0 aromatic heterocycles. The van der Waals surface area contributed by atoms with Gasteiger partial charge in [-0.2, -0.15) is 0 Å². The molecule has 3 N–H and O–H groups in total. The van der Waals surface area contributed by atoms with Crippen LogP contribution in [0, 0.1) is 17.8 Å². The molecule has 0 amide bonds. The Bertz CT molecular complexity index is 191. The molecular weight excluding hydrogens is 208 g/mol. The lowest BCUT2D eigenvalue weighted by atomic mass is 9.72. The third-order valence-corrected chi connectivity index (χ3v) is 4.99. The highest BCUT2D eigenvalue weighted by Gasteiger charge is 2.29. The van der Waals surface area contributed by atoms with Crippen LogP contribution >= 0.6 is 0 Å². The highest BCUT2D eigenvalue weighted by Crippen LogP contribution is 2.38. The number of hydrogen-bond acceptors (Lipinski definition) is 2. The fourth-order valence-corrected chi connectivity index (χ4v) is 4.06. The summed E-state index contributed by atoms with van der Waals surface area (Å²) < 4.78 is 0. The van der Waals surface area contributed by atoms with Gasteiger partial charge in [-0.3, -0.25) is 0 Å². The van der Waals surface area contributed by atoms with Crippen LogP contribution in [0.25, 0.3) is 0 Å². The van der Waals surface area contributed by atoms with Crippen LogP contribution in [-0.4, -0.2) is 19.6 Å². The van der Waals surface area contributed by atoms with E-state index in [1.165, 1.54) is 70.9 Å². The van der Waals surface area contributed by atoms with E-state index in [0.29, 0.717) is 0 Å². The number of rotatable bonds is 4. The van der Waals surface area contributed by atoms with Crippen molar-refractivity contribution in [3.63, 3.8) is 0 Å². The monoisotopic (exact) mass is 238 g/mol. The summed E-state index contributed by atoms with van der Waals surface area (Å²) in [6.07, 6.45) is 12.9. The molecule has 2 fully saturated rings. The standard InChI is InChI=1S/C15H30N2/c16-10-7-15(14-8-11-17-12-9-14)13-5-3-1-2-4-6-13/h13-15,17H,1-12,16H2. The lowest BCUT2D eigenvalue weighted by Crippen LogP contribution is -2.35. The molecule has 1 heterocycles. The van der Waals surface area contributed by atoms with Crippen LogP contribution in [0.15, 0.2) is 0 Å². The van der Waals surface area contributed by atoms with Gasteiger partial charge in [0.2, 0.25) is 0 Å². The van der Waals surface area contributed by atoms with E-state index in [1.54, 1.807) is 0 Å². The van der Waals surface area contributed by atoms with Gasteiger partial charge in [-0.25, -0.2) is 0 Å². The lowest BCUT2D eigenvalue weighted by Gasteiger charge is -2.36. The van der Waals surface area contributed by atoms with Crippen LogP contribution in [0.3, 0.4) is 0 Å². The van der Waals surface area contributed by atoms with Gasteiger partial charge in [0.05, 0.1) is 0 Å². The van der Waals surface area contributed by atoms with Crippen LogP contribution in [0.1, 0.15) is 57.8 Å². The number of piperidine rings is 1. The van der Waals surface area contributed by atoms with Crippen LogP contribution < -0.4 is 11.1 Å². The molecule has 1 aliphatic heterocycles. The number of hydrogen-bond donors (Lipinski definition) is 2. The minimum absolute atomic E-state index is 0.894. The van der Waals surface area contributed by atoms with Gasteiger partial charge in [0, 0.05) is 0 Å². The number of nitrogens with one attached hydrogen (secondary N) is 1. The van der Waals surface area contributed by atoms with E-state index in [4.69, 9.17) is 5.73 Å². The zero-order valence-corrected chi connectivity index (χ0v) is 11.3. The van der Waals surface area contributed by atoms with E-state index < -0.39 is 0 Å². The van der Waals surface area contributed by atoms with Crippen molar-refractivity contribution in [2.45, 2.75) is 57.8 Å². The maximum absolute atomic E-state index is 5.87. The Morgan fingerprint density at radius 2 is 1.47 bits per heavy atom. The molecule has 0 bridgehead atoms. The normalized spacial score (nSPS) is 26.6. The minimum atomic E-state index is 0.894. The molecule has 2 nitrogen and oxygen atoms in total. The van der Waals surface area contributed by atoms with E-state index >= 15 is 0 Å². The second-order valence-corrected chi connectivity index (χ2v) is 6.08. The lowest BCUT2D eigenvalue weighted by molar-refractivity contribution is 0.161. The Morgan fingerprint density at radius 1 is 0.882 bits per heavy atom. The van der Waals surface area contributed by atoms with Crippen LogP contribution in [-0.2, 0) is 0 Å². The second kappa shape index (κ2) is 7.38. The summed E-state index contributed by atoms with van der Waals surface area (Å²) in [4.78, 5) is 0.